The Morgan fingerprint density at radius 2 is 1.94 bits per heavy atom. The van der Waals surface area contributed by atoms with E-state index in [1.54, 1.807) is 10.6 Å². The van der Waals surface area contributed by atoms with E-state index in [9.17, 15) is 18.4 Å². The van der Waals surface area contributed by atoms with Crippen LogP contribution in [0.5, 0.6) is 0 Å². The number of hydrogen-bond acceptors (Lipinski definition) is 7. The minimum absolute atomic E-state index is 0.174. The molecule has 2 aromatic heterocycles. The molecular formula is C22H30F2N6O3. The van der Waals surface area contributed by atoms with Gasteiger partial charge in [-0.1, -0.05) is 0 Å². The molecule has 2 fully saturated rings. The lowest BCUT2D eigenvalue weighted by Crippen LogP contribution is -2.47. The van der Waals surface area contributed by atoms with E-state index < -0.39 is 11.9 Å². The number of aryl methyl sites for hydroxylation is 2. The third kappa shape index (κ3) is 5.56. The number of carbonyl (C=O) groups excluding carboxylic acids is 2. The highest BCUT2D eigenvalue weighted by Crippen LogP contribution is 2.41. The van der Waals surface area contributed by atoms with Crippen LogP contribution in [-0.4, -0.2) is 62.6 Å². The van der Waals surface area contributed by atoms with E-state index in [0.29, 0.717) is 35.6 Å². The molecule has 2 unspecified atom stereocenters. The number of nitrogens with zero attached hydrogens (tertiary/aromatic N) is 5. The molecule has 2 bridgehead atoms. The maximum atomic E-state index is 13.3. The van der Waals surface area contributed by atoms with Crippen LogP contribution in [0.4, 0.5) is 14.7 Å². The van der Waals surface area contributed by atoms with Crippen LogP contribution < -0.4 is 10.2 Å². The number of piperidine rings is 1. The van der Waals surface area contributed by atoms with Crippen molar-refractivity contribution < 1.29 is 23.1 Å². The molecule has 33 heavy (non-hydrogen) atoms. The number of nitrogens with one attached hydrogen (secondary N) is 1. The highest BCUT2D eigenvalue weighted by atomic mass is 19.3. The summed E-state index contributed by atoms with van der Waals surface area (Å²) in [7, 11) is 0. The van der Waals surface area contributed by atoms with Crippen molar-refractivity contribution in [2.24, 2.45) is 5.92 Å². The quantitative estimate of drug-likeness (QED) is 0.599. The molecule has 2 saturated heterocycles. The number of carbonyl (C=O) groups is 2. The Kier molecular flexibility index (Phi) is 6.49. The molecule has 11 heteroatoms. The molecule has 3 atom stereocenters. The summed E-state index contributed by atoms with van der Waals surface area (Å²) in [5.74, 6) is -1.88. The predicted molar refractivity (Wildman–Crippen MR) is 116 cm³/mol. The summed E-state index contributed by atoms with van der Waals surface area (Å²) in [4.78, 5) is 34.2. The van der Waals surface area contributed by atoms with Crippen LogP contribution in [-0.2, 0) is 20.7 Å². The Labute approximate surface area is 190 Å². The average Bonchev–Trinajstić information content (AvgIpc) is 3.25. The number of halogens is 2. The fourth-order valence-electron chi connectivity index (χ4n) is 4.92. The van der Waals surface area contributed by atoms with Gasteiger partial charge in [-0.25, -0.2) is 13.8 Å². The number of fused-ring (bicyclic) bond motifs is 3. The lowest BCUT2D eigenvalue weighted by molar-refractivity contribution is -0.146. The Hall–Kier alpha value is -2.85. The molecule has 4 rings (SSSR count). The van der Waals surface area contributed by atoms with Gasteiger partial charge in [0.15, 0.2) is 12.3 Å². The molecule has 0 radical (unpaired) electrons. The highest BCUT2D eigenvalue weighted by molar-refractivity contribution is 5.79. The molecule has 2 aromatic rings. The zero-order chi connectivity index (χ0) is 23.8. The molecule has 180 valence electrons. The van der Waals surface area contributed by atoms with E-state index >= 15 is 0 Å². The maximum absolute atomic E-state index is 13.3. The van der Waals surface area contributed by atoms with Crippen molar-refractivity contribution in [1.29, 1.82) is 0 Å². The van der Waals surface area contributed by atoms with Gasteiger partial charge in [-0.2, -0.15) is 14.6 Å². The van der Waals surface area contributed by atoms with E-state index in [1.807, 2.05) is 6.92 Å². The van der Waals surface area contributed by atoms with Crippen molar-refractivity contribution in [3.63, 3.8) is 0 Å². The van der Waals surface area contributed by atoms with Gasteiger partial charge in [0.2, 0.25) is 11.9 Å². The molecule has 1 N–H and O–H groups in total. The standard InChI is InChI=1S/C22H30F2N6O3/c1-13-26-19-10-16(6-7-22(3,23)24)28-30(19)21(27-13)29-17-4-5-18(29)9-15(8-17)11-25-20(32)12-33-14(2)31/h10,15,17-18H,4-9,11-12H2,1-3H3,(H,25,32)/t15?,17-,18?/m0/s1. The number of esters is 1. The van der Waals surface area contributed by atoms with E-state index in [-0.39, 0.29) is 37.4 Å². The summed E-state index contributed by atoms with van der Waals surface area (Å²) < 4.78 is 33.1. The van der Waals surface area contributed by atoms with E-state index in [0.717, 1.165) is 32.6 Å². The fourth-order valence-corrected chi connectivity index (χ4v) is 4.92. The second-order valence-electron chi connectivity index (χ2n) is 9.26. The zero-order valence-corrected chi connectivity index (χ0v) is 19.2. The Morgan fingerprint density at radius 1 is 1.24 bits per heavy atom. The molecule has 0 aliphatic carbocycles. The topological polar surface area (TPSA) is 102 Å². The molecule has 2 aliphatic rings. The number of alkyl halides is 2. The first-order valence-corrected chi connectivity index (χ1v) is 11.4. The third-order valence-electron chi connectivity index (χ3n) is 6.34. The molecule has 4 heterocycles. The summed E-state index contributed by atoms with van der Waals surface area (Å²) >= 11 is 0. The summed E-state index contributed by atoms with van der Waals surface area (Å²) in [5, 5.41) is 7.42. The van der Waals surface area contributed by atoms with Crippen LogP contribution in [0.1, 0.15) is 57.5 Å². The van der Waals surface area contributed by atoms with Crippen LogP contribution in [0.25, 0.3) is 5.65 Å². The Balaban J connectivity index is 1.46. The summed E-state index contributed by atoms with van der Waals surface area (Å²) in [6.07, 6.45) is 3.73. The van der Waals surface area contributed by atoms with Gasteiger partial charge in [-0.05, 0) is 51.9 Å². The van der Waals surface area contributed by atoms with E-state index in [2.05, 4.69) is 25.3 Å². The average molecular weight is 465 g/mol. The van der Waals surface area contributed by atoms with Crippen molar-refractivity contribution >= 4 is 23.5 Å². The van der Waals surface area contributed by atoms with Gasteiger partial charge in [0.1, 0.15) is 5.82 Å². The van der Waals surface area contributed by atoms with Crippen molar-refractivity contribution in [3.8, 4) is 0 Å². The van der Waals surface area contributed by atoms with Crippen LogP contribution in [0.15, 0.2) is 6.07 Å². The normalized spacial score (nSPS) is 22.6. The minimum atomic E-state index is -2.74. The Morgan fingerprint density at radius 3 is 2.58 bits per heavy atom. The van der Waals surface area contributed by atoms with Crippen LogP contribution >= 0.6 is 0 Å². The molecule has 0 spiro atoms. The summed E-state index contributed by atoms with van der Waals surface area (Å²) in [5.41, 5.74) is 1.20. The number of anilines is 1. The fraction of sp³-hybridized carbons (Fsp3) is 0.682. The van der Waals surface area contributed by atoms with Gasteiger partial charge < -0.3 is 15.0 Å². The molecule has 0 saturated carbocycles. The van der Waals surface area contributed by atoms with Gasteiger partial charge in [-0.15, -0.1) is 0 Å². The van der Waals surface area contributed by atoms with Crippen molar-refractivity contribution in [2.45, 2.75) is 77.3 Å². The van der Waals surface area contributed by atoms with E-state index in [4.69, 9.17) is 4.74 Å². The number of aromatic nitrogens is 4. The predicted octanol–water partition coefficient (Wildman–Crippen LogP) is 2.45. The molecule has 2 aliphatic heterocycles. The molecule has 9 nitrogen and oxygen atoms in total. The van der Waals surface area contributed by atoms with Gasteiger partial charge in [0, 0.05) is 38.0 Å². The van der Waals surface area contributed by atoms with Crippen LogP contribution in [0.3, 0.4) is 0 Å². The summed E-state index contributed by atoms with van der Waals surface area (Å²) in [6.45, 7) is 4.29. The summed E-state index contributed by atoms with van der Waals surface area (Å²) in [6, 6.07) is 2.27. The van der Waals surface area contributed by atoms with E-state index in [1.165, 1.54) is 6.92 Å². The van der Waals surface area contributed by atoms with Gasteiger partial charge in [0.25, 0.3) is 5.91 Å². The first-order chi connectivity index (χ1) is 15.6. The monoisotopic (exact) mass is 464 g/mol. The van der Waals surface area contributed by atoms with Crippen LogP contribution in [0.2, 0.25) is 0 Å². The molecule has 1 amide bonds. The second-order valence-corrected chi connectivity index (χ2v) is 9.26. The lowest BCUT2D eigenvalue weighted by atomic mass is 9.91. The highest BCUT2D eigenvalue weighted by Gasteiger charge is 2.42. The zero-order valence-electron chi connectivity index (χ0n) is 19.2. The van der Waals surface area contributed by atoms with Crippen molar-refractivity contribution in [3.05, 3.63) is 17.6 Å². The largest absolute Gasteiger partial charge is 0.456 e. The van der Waals surface area contributed by atoms with Gasteiger partial charge >= 0.3 is 5.97 Å². The molecular weight excluding hydrogens is 434 g/mol. The number of amides is 1. The minimum Gasteiger partial charge on any atom is -0.456 e. The SMILES string of the molecule is CC(=O)OCC(=O)NCC1CC2CC[C@@H](C1)N2c1nc(C)nc2cc(CCC(C)(F)F)nn12. The van der Waals surface area contributed by atoms with Crippen molar-refractivity contribution in [1.82, 2.24) is 24.9 Å². The van der Waals surface area contributed by atoms with Gasteiger partial charge in [-0.3, -0.25) is 9.59 Å². The lowest BCUT2D eigenvalue weighted by Gasteiger charge is -2.39. The number of ether oxygens (including phenoxy) is 1. The Bertz CT molecular complexity index is 1020. The van der Waals surface area contributed by atoms with Gasteiger partial charge in [0.05, 0.1) is 5.69 Å². The van der Waals surface area contributed by atoms with Crippen LogP contribution in [0, 0.1) is 12.8 Å². The first kappa shape index (κ1) is 23.3. The maximum Gasteiger partial charge on any atom is 0.303 e. The number of hydrogen-bond donors (Lipinski definition) is 1. The second kappa shape index (κ2) is 9.18. The smallest absolute Gasteiger partial charge is 0.303 e. The van der Waals surface area contributed by atoms with Crippen molar-refractivity contribution in [2.75, 3.05) is 18.1 Å². The number of rotatable bonds is 8. The first-order valence-electron chi connectivity index (χ1n) is 11.4. The third-order valence-corrected chi connectivity index (χ3v) is 6.34. The molecule has 0 aromatic carbocycles.